The van der Waals surface area contributed by atoms with Crippen molar-refractivity contribution in [2.75, 3.05) is 26.8 Å². The summed E-state index contributed by atoms with van der Waals surface area (Å²) in [5, 5.41) is 0. The number of hydrogen-bond acceptors (Lipinski definition) is 3. The molecule has 3 nitrogen and oxygen atoms in total. The first kappa shape index (κ1) is 15.9. The van der Waals surface area contributed by atoms with Crippen LogP contribution in [0.1, 0.15) is 40.5 Å². The fourth-order valence-corrected chi connectivity index (χ4v) is 2.11. The molecule has 0 aliphatic carbocycles. The van der Waals surface area contributed by atoms with Crippen LogP contribution in [-0.4, -0.2) is 43.8 Å². The number of methoxy groups -OCH3 is 1. The van der Waals surface area contributed by atoms with Crippen LogP contribution in [0.25, 0.3) is 0 Å². The van der Waals surface area contributed by atoms with Crippen molar-refractivity contribution in [3.63, 3.8) is 0 Å². The second-order valence-corrected chi connectivity index (χ2v) is 5.01. The SMILES string of the molecule is CCC(C)N(CCOC)C(CN)CC(C)C. The van der Waals surface area contributed by atoms with Gasteiger partial charge in [0.2, 0.25) is 0 Å². The highest BCUT2D eigenvalue weighted by Gasteiger charge is 2.21. The molecule has 0 saturated carbocycles. The van der Waals surface area contributed by atoms with Crippen LogP contribution >= 0.6 is 0 Å². The number of rotatable bonds is 9. The lowest BCUT2D eigenvalue weighted by Crippen LogP contribution is -2.47. The zero-order valence-electron chi connectivity index (χ0n) is 11.7. The van der Waals surface area contributed by atoms with Gasteiger partial charge in [0, 0.05) is 32.3 Å². The van der Waals surface area contributed by atoms with Crippen molar-refractivity contribution in [1.82, 2.24) is 4.90 Å². The molecular formula is C13H30N2O. The number of nitrogens with zero attached hydrogens (tertiary/aromatic N) is 1. The summed E-state index contributed by atoms with van der Waals surface area (Å²) in [5.41, 5.74) is 5.90. The van der Waals surface area contributed by atoms with E-state index in [2.05, 4.69) is 32.6 Å². The van der Waals surface area contributed by atoms with Gasteiger partial charge in [-0.15, -0.1) is 0 Å². The van der Waals surface area contributed by atoms with E-state index < -0.39 is 0 Å². The van der Waals surface area contributed by atoms with E-state index >= 15 is 0 Å². The number of ether oxygens (including phenoxy) is 1. The summed E-state index contributed by atoms with van der Waals surface area (Å²) in [4.78, 5) is 2.50. The summed E-state index contributed by atoms with van der Waals surface area (Å²) in [7, 11) is 1.76. The highest BCUT2D eigenvalue weighted by Crippen LogP contribution is 2.15. The summed E-state index contributed by atoms with van der Waals surface area (Å²) >= 11 is 0. The number of hydrogen-bond donors (Lipinski definition) is 1. The Kier molecular flexibility index (Phi) is 8.90. The molecule has 0 aromatic rings. The molecule has 2 N–H and O–H groups in total. The average Bonchev–Trinajstić information content (AvgIpc) is 2.26. The van der Waals surface area contributed by atoms with Crippen LogP contribution in [0, 0.1) is 5.92 Å². The molecule has 0 saturated heterocycles. The van der Waals surface area contributed by atoms with E-state index in [4.69, 9.17) is 10.5 Å². The van der Waals surface area contributed by atoms with Gasteiger partial charge >= 0.3 is 0 Å². The Morgan fingerprint density at radius 2 is 1.88 bits per heavy atom. The Morgan fingerprint density at radius 1 is 1.25 bits per heavy atom. The third-order valence-electron chi connectivity index (χ3n) is 3.20. The Balaban J connectivity index is 4.41. The van der Waals surface area contributed by atoms with Crippen molar-refractivity contribution < 1.29 is 4.74 Å². The molecule has 0 spiro atoms. The monoisotopic (exact) mass is 230 g/mol. The maximum atomic E-state index is 5.90. The Hall–Kier alpha value is -0.120. The molecule has 0 aliphatic rings. The summed E-state index contributed by atoms with van der Waals surface area (Å²) in [6.45, 7) is 11.5. The van der Waals surface area contributed by atoms with Gasteiger partial charge in [0.15, 0.2) is 0 Å². The smallest absolute Gasteiger partial charge is 0.0589 e. The molecule has 0 aromatic carbocycles. The lowest BCUT2D eigenvalue weighted by Gasteiger charge is -2.36. The van der Waals surface area contributed by atoms with Crippen LogP contribution in [0.5, 0.6) is 0 Å². The summed E-state index contributed by atoms with van der Waals surface area (Å²) in [6, 6.07) is 1.08. The van der Waals surface area contributed by atoms with E-state index in [0.29, 0.717) is 18.0 Å². The van der Waals surface area contributed by atoms with Gasteiger partial charge in [0.05, 0.1) is 6.61 Å². The molecule has 0 aromatic heterocycles. The van der Waals surface area contributed by atoms with Crippen molar-refractivity contribution in [2.45, 2.75) is 52.6 Å². The van der Waals surface area contributed by atoms with Crippen molar-refractivity contribution in [1.29, 1.82) is 0 Å². The number of nitrogens with two attached hydrogens (primary N) is 1. The Bertz CT molecular complexity index is 162. The average molecular weight is 230 g/mol. The summed E-state index contributed by atoms with van der Waals surface area (Å²) < 4.78 is 5.18. The quantitative estimate of drug-likeness (QED) is 0.659. The van der Waals surface area contributed by atoms with Crippen molar-refractivity contribution in [3.05, 3.63) is 0 Å². The van der Waals surface area contributed by atoms with Crippen molar-refractivity contribution in [3.8, 4) is 0 Å². The molecule has 0 rings (SSSR count). The first-order valence-corrected chi connectivity index (χ1v) is 6.51. The lowest BCUT2D eigenvalue weighted by atomic mass is 10.0. The van der Waals surface area contributed by atoms with Gasteiger partial charge in [-0.2, -0.15) is 0 Å². The predicted molar refractivity (Wildman–Crippen MR) is 70.6 cm³/mol. The van der Waals surface area contributed by atoms with E-state index in [9.17, 15) is 0 Å². The highest BCUT2D eigenvalue weighted by atomic mass is 16.5. The highest BCUT2D eigenvalue weighted by molar-refractivity contribution is 4.78. The van der Waals surface area contributed by atoms with E-state index in [1.165, 1.54) is 6.42 Å². The van der Waals surface area contributed by atoms with Crippen LogP contribution in [0.15, 0.2) is 0 Å². The van der Waals surface area contributed by atoms with E-state index in [1.54, 1.807) is 7.11 Å². The molecule has 0 aliphatic heterocycles. The fourth-order valence-electron chi connectivity index (χ4n) is 2.11. The van der Waals surface area contributed by atoms with Crippen LogP contribution in [0.4, 0.5) is 0 Å². The van der Waals surface area contributed by atoms with Gasteiger partial charge in [0.1, 0.15) is 0 Å². The van der Waals surface area contributed by atoms with Gasteiger partial charge in [-0.3, -0.25) is 4.90 Å². The molecule has 0 radical (unpaired) electrons. The van der Waals surface area contributed by atoms with Gasteiger partial charge < -0.3 is 10.5 Å². The zero-order chi connectivity index (χ0) is 12.6. The molecule has 3 heteroatoms. The minimum atomic E-state index is 0.491. The predicted octanol–water partition coefficient (Wildman–Crippen LogP) is 2.11. The van der Waals surface area contributed by atoms with Crippen molar-refractivity contribution >= 4 is 0 Å². The van der Waals surface area contributed by atoms with Crippen LogP contribution in [0.3, 0.4) is 0 Å². The molecule has 0 heterocycles. The Morgan fingerprint density at radius 3 is 2.25 bits per heavy atom. The van der Waals surface area contributed by atoms with Crippen molar-refractivity contribution in [2.24, 2.45) is 11.7 Å². The summed E-state index contributed by atoms with van der Waals surface area (Å²) in [5.74, 6) is 0.697. The minimum absolute atomic E-state index is 0.491. The van der Waals surface area contributed by atoms with Gasteiger partial charge in [-0.05, 0) is 25.7 Å². The molecule has 0 amide bonds. The summed E-state index contributed by atoms with van der Waals surface area (Å²) in [6.07, 6.45) is 2.34. The van der Waals surface area contributed by atoms with E-state index in [-0.39, 0.29) is 0 Å². The first-order chi connectivity index (χ1) is 7.56. The first-order valence-electron chi connectivity index (χ1n) is 6.51. The zero-order valence-corrected chi connectivity index (χ0v) is 11.7. The second-order valence-electron chi connectivity index (χ2n) is 5.01. The van der Waals surface area contributed by atoms with Gasteiger partial charge in [-0.25, -0.2) is 0 Å². The standard InChI is InChI=1S/C13H30N2O/c1-6-12(4)15(7-8-16-5)13(10-14)9-11(2)3/h11-13H,6-10,14H2,1-5H3. The van der Waals surface area contributed by atoms with Crippen LogP contribution in [0.2, 0.25) is 0 Å². The third-order valence-corrected chi connectivity index (χ3v) is 3.20. The minimum Gasteiger partial charge on any atom is -0.383 e. The molecule has 0 fully saturated rings. The maximum absolute atomic E-state index is 5.90. The Labute approximate surface area is 101 Å². The molecule has 98 valence electrons. The van der Waals surface area contributed by atoms with Crippen LogP contribution < -0.4 is 5.73 Å². The molecule has 0 bridgehead atoms. The van der Waals surface area contributed by atoms with Gasteiger partial charge in [-0.1, -0.05) is 20.8 Å². The lowest BCUT2D eigenvalue weighted by molar-refractivity contribution is 0.0817. The van der Waals surface area contributed by atoms with Gasteiger partial charge in [0.25, 0.3) is 0 Å². The van der Waals surface area contributed by atoms with Crippen LogP contribution in [-0.2, 0) is 4.74 Å². The third kappa shape index (κ3) is 5.83. The molecule has 2 unspecified atom stereocenters. The molecule has 16 heavy (non-hydrogen) atoms. The normalized spacial score (nSPS) is 15.8. The topological polar surface area (TPSA) is 38.5 Å². The fraction of sp³-hybridized carbons (Fsp3) is 1.00. The van der Waals surface area contributed by atoms with E-state index in [0.717, 1.165) is 26.1 Å². The molecular weight excluding hydrogens is 200 g/mol. The maximum Gasteiger partial charge on any atom is 0.0589 e. The largest absolute Gasteiger partial charge is 0.383 e. The van der Waals surface area contributed by atoms with E-state index in [1.807, 2.05) is 0 Å². The second kappa shape index (κ2) is 8.97. The molecule has 2 atom stereocenters.